The van der Waals surface area contributed by atoms with E-state index in [1.807, 2.05) is 19.1 Å². The van der Waals surface area contributed by atoms with Crippen LogP contribution in [0.5, 0.6) is 5.75 Å². The van der Waals surface area contributed by atoms with Crippen molar-refractivity contribution >= 4 is 5.97 Å². The normalized spacial score (nSPS) is 10.6. The molecule has 1 rings (SSSR count). The van der Waals surface area contributed by atoms with E-state index in [1.165, 1.54) is 18.2 Å². The Bertz CT molecular complexity index is 399. The van der Waals surface area contributed by atoms with Crippen molar-refractivity contribution in [2.75, 3.05) is 0 Å². The summed E-state index contributed by atoms with van der Waals surface area (Å²) in [6.45, 7) is 2.02. The summed E-state index contributed by atoms with van der Waals surface area (Å²) in [5.74, 6) is 4.36. The molecule has 0 saturated heterocycles. The van der Waals surface area contributed by atoms with E-state index in [2.05, 4.69) is 4.84 Å². The second-order valence-electron chi connectivity index (χ2n) is 3.33. The van der Waals surface area contributed by atoms with Gasteiger partial charge in [-0.3, -0.25) is 0 Å². The molecule has 0 saturated carbocycles. The van der Waals surface area contributed by atoms with Gasteiger partial charge in [0.15, 0.2) is 0 Å². The van der Waals surface area contributed by atoms with E-state index < -0.39 is 5.97 Å². The van der Waals surface area contributed by atoms with Gasteiger partial charge in [0.1, 0.15) is 5.75 Å². The Kier molecular flexibility index (Phi) is 4.54. The van der Waals surface area contributed by atoms with Crippen molar-refractivity contribution in [1.82, 2.24) is 0 Å². The predicted octanol–water partition coefficient (Wildman–Crippen LogP) is 1.93. The third-order valence-corrected chi connectivity index (χ3v) is 2.16. The molecule has 0 radical (unpaired) electrons. The third-order valence-electron chi connectivity index (χ3n) is 2.16. The first kappa shape index (κ1) is 12.3. The van der Waals surface area contributed by atoms with Gasteiger partial charge in [-0.05, 0) is 36.6 Å². The third kappa shape index (κ3) is 3.10. The van der Waals surface area contributed by atoms with E-state index in [1.54, 1.807) is 0 Å². The van der Waals surface area contributed by atoms with Crippen molar-refractivity contribution in [3.8, 4) is 5.75 Å². The van der Waals surface area contributed by atoms with Crippen LogP contribution < -0.4 is 5.90 Å². The van der Waals surface area contributed by atoms with Crippen molar-refractivity contribution in [2.24, 2.45) is 5.90 Å². The maximum absolute atomic E-state index is 11.3. The van der Waals surface area contributed by atoms with Crippen LogP contribution in [0.4, 0.5) is 0 Å². The molecular weight excluding hydrogens is 206 g/mol. The quantitative estimate of drug-likeness (QED) is 0.602. The van der Waals surface area contributed by atoms with Gasteiger partial charge >= 0.3 is 5.97 Å². The Morgan fingerprint density at radius 1 is 1.50 bits per heavy atom. The SMILES string of the molecule is CC/C=C/Cc1cc(O)ccc1C(=O)ON. The Hall–Kier alpha value is -1.81. The van der Waals surface area contributed by atoms with Crippen molar-refractivity contribution in [3.05, 3.63) is 41.5 Å². The number of nitrogens with two attached hydrogens (primary N) is 1. The van der Waals surface area contributed by atoms with E-state index in [-0.39, 0.29) is 5.75 Å². The molecule has 0 atom stereocenters. The molecule has 1 aromatic carbocycles. The topological polar surface area (TPSA) is 72.5 Å². The van der Waals surface area contributed by atoms with Gasteiger partial charge in [0.05, 0.1) is 5.56 Å². The molecule has 3 N–H and O–H groups in total. The van der Waals surface area contributed by atoms with E-state index in [0.29, 0.717) is 17.5 Å². The standard InChI is InChI=1S/C12H15NO3/c1-2-3-4-5-9-8-10(14)6-7-11(9)12(15)16-13/h3-4,6-8,14H,2,5,13H2,1H3/b4-3+. The largest absolute Gasteiger partial charge is 0.508 e. The Balaban J connectivity index is 2.98. The second-order valence-corrected chi connectivity index (χ2v) is 3.33. The number of carbonyl (C=O) groups excluding carboxylic acids is 1. The number of rotatable bonds is 4. The van der Waals surface area contributed by atoms with Crippen molar-refractivity contribution in [1.29, 1.82) is 0 Å². The summed E-state index contributed by atoms with van der Waals surface area (Å²) in [5, 5.41) is 9.34. The summed E-state index contributed by atoms with van der Waals surface area (Å²) in [5.41, 5.74) is 1.07. The fraction of sp³-hybridized carbons (Fsp3) is 0.250. The van der Waals surface area contributed by atoms with Crippen molar-refractivity contribution in [2.45, 2.75) is 19.8 Å². The minimum absolute atomic E-state index is 0.119. The van der Waals surface area contributed by atoms with Gasteiger partial charge in [-0.25, -0.2) is 4.79 Å². The Morgan fingerprint density at radius 2 is 2.25 bits per heavy atom. The van der Waals surface area contributed by atoms with Crippen molar-refractivity contribution < 1.29 is 14.7 Å². The van der Waals surface area contributed by atoms with Gasteiger partial charge in [-0.15, -0.1) is 0 Å². The monoisotopic (exact) mass is 221 g/mol. The second kappa shape index (κ2) is 5.92. The van der Waals surface area contributed by atoms with Crippen LogP contribution in [0, 0.1) is 0 Å². The number of aromatic hydroxyl groups is 1. The number of hydrogen-bond acceptors (Lipinski definition) is 4. The highest BCUT2D eigenvalue weighted by molar-refractivity contribution is 5.91. The summed E-state index contributed by atoms with van der Waals surface area (Å²) < 4.78 is 0. The molecule has 0 fully saturated rings. The van der Waals surface area contributed by atoms with Crippen LogP contribution >= 0.6 is 0 Å². The highest BCUT2D eigenvalue weighted by atomic mass is 16.7. The molecule has 0 aliphatic carbocycles. The summed E-state index contributed by atoms with van der Waals surface area (Å²) in [6.07, 6.45) is 5.41. The number of hydrogen-bond donors (Lipinski definition) is 2. The molecule has 0 amide bonds. The molecule has 4 nitrogen and oxygen atoms in total. The van der Waals surface area contributed by atoms with Crippen LogP contribution in [0.15, 0.2) is 30.4 Å². The molecule has 0 aromatic heterocycles. The zero-order chi connectivity index (χ0) is 12.0. The fourth-order valence-corrected chi connectivity index (χ4v) is 1.39. The molecule has 4 heteroatoms. The number of benzene rings is 1. The van der Waals surface area contributed by atoms with Gasteiger partial charge in [-0.1, -0.05) is 19.1 Å². The van der Waals surface area contributed by atoms with E-state index in [4.69, 9.17) is 5.90 Å². The lowest BCUT2D eigenvalue weighted by Crippen LogP contribution is -2.12. The first-order valence-electron chi connectivity index (χ1n) is 5.07. The van der Waals surface area contributed by atoms with E-state index in [0.717, 1.165) is 6.42 Å². The van der Waals surface area contributed by atoms with Crippen LogP contribution in [0.3, 0.4) is 0 Å². The molecule has 0 unspecified atom stereocenters. The van der Waals surface area contributed by atoms with Crippen LogP contribution in [0.1, 0.15) is 29.3 Å². The lowest BCUT2D eigenvalue weighted by Gasteiger charge is -2.05. The van der Waals surface area contributed by atoms with Crippen LogP contribution in [0.25, 0.3) is 0 Å². The minimum Gasteiger partial charge on any atom is -0.508 e. The molecule has 86 valence electrons. The zero-order valence-electron chi connectivity index (χ0n) is 9.14. The Morgan fingerprint density at radius 3 is 2.88 bits per heavy atom. The molecule has 0 aliphatic heterocycles. The molecule has 0 heterocycles. The van der Waals surface area contributed by atoms with Crippen molar-refractivity contribution in [3.63, 3.8) is 0 Å². The summed E-state index contributed by atoms with van der Waals surface area (Å²) >= 11 is 0. The van der Waals surface area contributed by atoms with Crippen LogP contribution in [-0.2, 0) is 11.3 Å². The average Bonchev–Trinajstić information content (AvgIpc) is 2.29. The minimum atomic E-state index is -0.597. The first-order chi connectivity index (χ1) is 7.69. The summed E-state index contributed by atoms with van der Waals surface area (Å²) in [6, 6.07) is 4.46. The van der Waals surface area contributed by atoms with E-state index in [9.17, 15) is 9.90 Å². The molecular formula is C12H15NO3. The van der Waals surface area contributed by atoms with Gasteiger partial charge in [0, 0.05) is 0 Å². The molecule has 16 heavy (non-hydrogen) atoms. The molecule has 0 bridgehead atoms. The zero-order valence-corrected chi connectivity index (χ0v) is 9.14. The van der Waals surface area contributed by atoms with Gasteiger partial charge in [0.2, 0.25) is 0 Å². The van der Waals surface area contributed by atoms with Gasteiger partial charge in [-0.2, -0.15) is 5.90 Å². The highest BCUT2D eigenvalue weighted by Crippen LogP contribution is 2.18. The summed E-state index contributed by atoms with van der Waals surface area (Å²) in [4.78, 5) is 15.5. The molecule has 0 aliphatic rings. The fourth-order valence-electron chi connectivity index (χ4n) is 1.39. The lowest BCUT2D eigenvalue weighted by atomic mass is 10.0. The van der Waals surface area contributed by atoms with E-state index >= 15 is 0 Å². The average molecular weight is 221 g/mol. The maximum atomic E-state index is 11.3. The lowest BCUT2D eigenvalue weighted by molar-refractivity contribution is 0.0502. The van der Waals surface area contributed by atoms with Gasteiger partial charge < -0.3 is 9.94 Å². The molecule has 0 spiro atoms. The Labute approximate surface area is 94.3 Å². The number of phenols is 1. The first-order valence-corrected chi connectivity index (χ1v) is 5.07. The van der Waals surface area contributed by atoms with Crippen LogP contribution in [0.2, 0.25) is 0 Å². The number of phenolic OH excluding ortho intramolecular Hbond substituents is 1. The smallest absolute Gasteiger partial charge is 0.356 e. The molecule has 1 aromatic rings. The number of carbonyl (C=O) groups is 1. The highest BCUT2D eigenvalue weighted by Gasteiger charge is 2.11. The number of allylic oxidation sites excluding steroid dienone is 2. The van der Waals surface area contributed by atoms with Crippen LogP contribution in [-0.4, -0.2) is 11.1 Å². The predicted molar refractivity (Wildman–Crippen MR) is 60.8 cm³/mol. The maximum Gasteiger partial charge on any atom is 0.356 e. The summed E-state index contributed by atoms with van der Waals surface area (Å²) in [7, 11) is 0. The van der Waals surface area contributed by atoms with Gasteiger partial charge in [0.25, 0.3) is 0 Å².